The van der Waals surface area contributed by atoms with Crippen LogP contribution < -0.4 is 0 Å². The van der Waals surface area contributed by atoms with Crippen molar-refractivity contribution >= 4 is 23.2 Å². The summed E-state index contributed by atoms with van der Waals surface area (Å²) in [6, 6.07) is 1.16. The number of nitrogens with zero attached hydrogens (tertiary/aromatic N) is 3. The van der Waals surface area contributed by atoms with E-state index in [1.165, 1.54) is 0 Å². The molecule has 1 aliphatic rings. The van der Waals surface area contributed by atoms with Crippen LogP contribution in [0.4, 0.5) is 5.69 Å². The van der Waals surface area contributed by atoms with Gasteiger partial charge in [0.25, 0.3) is 11.6 Å². The molecule has 8 heteroatoms. The highest BCUT2D eigenvalue weighted by atomic mass is 35.5. The van der Waals surface area contributed by atoms with E-state index in [0.29, 0.717) is 26.3 Å². The van der Waals surface area contributed by atoms with Crippen LogP contribution in [0.1, 0.15) is 16.8 Å². The number of hydrogen-bond acceptors (Lipinski definition) is 5. The molecule has 1 fully saturated rings. The number of nitro groups is 1. The SMILES string of the molecule is O=C(c1cc([N+](=O)[O-])cnc1Cl)N1CCCOCC1. The van der Waals surface area contributed by atoms with Gasteiger partial charge in [-0.1, -0.05) is 11.6 Å². The molecule has 0 bridgehead atoms. The lowest BCUT2D eigenvalue weighted by atomic mass is 10.2. The number of pyridine rings is 1. The van der Waals surface area contributed by atoms with Gasteiger partial charge in [0.15, 0.2) is 0 Å². The van der Waals surface area contributed by atoms with E-state index in [-0.39, 0.29) is 22.3 Å². The molecule has 7 nitrogen and oxygen atoms in total. The maximum Gasteiger partial charge on any atom is 0.288 e. The summed E-state index contributed by atoms with van der Waals surface area (Å²) < 4.78 is 5.25. The summed E-state index contributed by atoms with van der Waals surface area (Å²) in [5, 5.41) is 10.7. The van der Waals surface area contributed by atoms with Gasteiger partial charge in [-0.05, 0) is 6.42 Å². The highest BCUT2D eigenvalue weighted by molar-refractivity contribution is 6.32. The van der Waals surface area contributed by atoms with Gasteiger partial charge in [-0.25, -0.2) is 4.98 Å². The Morgan fingerprint density at radius 3 is 3.00 bits per heavy atom. The van der Waals surface area contributed by atoms with Gasteiger partial charge in [0, 0.05) is 25.8 Å². The summed E-state index contributed by atoms with van der Waals surface area (Å²) in [6.45, 7) is 2.03. The highest BCUT2D eigenvalue weighted by Crippen LogP contribution is 2.21. The Balaban J connectivity index is 2.26. The molecular formula is C11H12ClN3O4. The van der Waals surface area contributed by atoms with E-state index in [2.05, 4.69) is 4.98 Å². The molecule has 102 valence electrons. The van der Waals surface area contributed by atoms with Crippen LogP contribution in [0, 0.1) is 10.1 Å². The van der Waals surface area contributed by atoms with Crippen molar-refractivity contribution in [3.05, 3.63) is 33.1 Å². The van der Waals surface area contributed by atoms with E-state index in [1.807, 2.05) is 0 Å². The van der Waals surface area contributed by atoms with Crippen LogP contribution in [-0.2, 0) is 4.74 Å². The van der Waals surface area contributed by atoms with E-state index >= 15 is 0 Å². The van der Waals surface area contributed by atoms with Gasteiger partial charge >= 0.3 is 0 Å². The minimum atomic E-state index is -0.606. The van der Waals surface area contributed by atoms with Crippen molar-refractivity contribution in [1.29, 1.82) is 0 Å². The fourth-order valence-corrected chi connectivity index (χ4v) is 1.99. The van der Waals surface area contributed by atoms with Crippen molar-refractivity contribution in [3.63, 3.8) is 0 Å². The third-order valence-corrected chi connectivity index (χ3v) is 3.08. The first-order valence-electron chi connectivity index (χ1n) is 5.76. The third kappa shape index (κ3) is 3.18. The molecule has 1 aromatic rings. The Kier molecular flexibility index (Phi) is 4.28. The Morgan fingerprint density at radius 2 is 2.26 bits per heavy atom. The maximum atomic E-state index is 12.3. The first-order valence-corrected chi connectivity index (χ1v) is 6.14. The predicted octanol–water partition coefficient (Wildman–Crippen LogP) is 1.51. The molecule has 1 aliphatic heterocycles. The normalized spacial score (nSPS) is 15.9. The van der Waals surface area contributed by atoms with Crippen molar-refractivity contribution < 1.29 is 14.5 Å². The number of amides is 1. The number of hydrogen-bond donors (Lipinski definition) is 0. The molecule has 0 radical (unpaired) electrons. The first kappa shape index (κ1) is 13.7. The molecular weight excluding hydrogens is 274 g/mol. The summed E-state index contributed by atoms with van der Waals surface area (Å²) in [5.74, 6) is -0.355. The Labute approximate surface area is 114 Å². The van der Waals surface area contributed by atoms with Crippen molar-refractivity contribution in [2.45, 2.75) is 6.42 Å². The zero-order valence-corrected chi connectivity index (χ0v) is 10.8. The number of ether oxygens (including phenoxy) is 1. The van der Waals surface area contributed by atoms with E-state index in [9.17, 15) is 14.9 Å². The standard InChI is InChI=1S/C11H12ClN3O4/c12-10-9(6-8(7-13-10)15(17)18)11(16)14-2-1-4-19-5-3-14/h6-7H,1-5H2. The van der Waals surface area contributed by atoms with Gasteiger partial charge in [0.2, 0.25) is 0 Å². The van der Waals surface area contributed by atoms with E-state index in [1.54, 1.807) is 4.90 Å². The topological polar surface area (TPSA) is 85.6 Å². The van der Waals surface area contributed by atoms with Gasteiger partial charge in [-0.15, -0.1) is 0 Å². The number of rotatable bonds is 2. The zero-order valence-electron chi connectivity index (χ0n) is 10.0. The molecule has 19 heavy (non-hydrogen) atoms. The lowest BCUT2D eigenvalue weighted by Gasteiger charge is -2.19. The van der Waals surface area contributed by atoms with E-state index in [4.69, 9.17) is 16.3 Å². The predicted molar refractivity (Wildman–Crippen MR) is 67.2 cm³/mol. The van der Waals surface area contributed by atoms with Crippen LogP contribution in [-0.4, -0.2) is 47.0 Å². The third-order valence-electron chi connectivity index (χ3n) is 2.78. The number of aromatic nitrogens is 1. The molecule has 1 saturated heterocycles. The number of halogens is 1. The fourth-order valence-electron chi connectivity index (χ4n) is 1.81. The minimum Gasteiger partial charge on any atom is -0.380 e. The lowest BCUT2D eigenvalue weighted by Crippen LogP contribution is -2.33. The van der Waals surface area contributed by atoms with Gasteiger partial charge in [-0.2, -0.15) is 0 Å². The van der Waals surface area contributed by atoms with Crippen molar-refractivity contribution in [2.75, 3.05) is 26.3 Å². The summed E-state index contributed by atoms with van der Waals surface area (Å²) >= 11 is 5.84. The molecule has 2 rings (SSSR count). The molecule has 0 spiro atoms. The summed E-state index contributed by atoms with van der Waals surface area (Å²) in [5.41, 5.74) is -0.198. The maximum absolute atomic E-state index is 12.3. The van der Waals surface area contributed by atoms with Gasteiger partial charge in [-0.3, -0.25) is 14.9 Å². The Bertz CT molecular complexity index is 501. The Hall–Kier alpha value is -1.73. The van der Waals surface area contributed by atoms with Gasteiger partial charge in [0.1, 0.15) is 11.3 Å². The van der Waals surface area contributed by atoms with Crippen molar-refractivity contribution in [1.82, 2.24) is 9.88 Å². The second-order valence-corrected chi connectivity index (χ2v) is 4.41. The smallest absolute Gasteiger partial charge is 0.288 e. The molecule has 0 aromatic carbocycles. The van der Waals surface area contributed by atoms with Crippen molar-refractivity contribution in [3.8, 4) is 0 Å². The van der Waals surface area contributed by atoms with Crippen LogP contribution >= 0.6 is 11.6 Å². The van der Waals surface area contributed by atoms with Crippen LogP contribution in [0.25, 0.3) is 0 Å². The van der Waals surface area contributed by atoms with Crippen LogP contribution in [0.3, 0.4) is 0 Å². The molecule has 1 aromatic heterocycles. The fraction of sp³-hybridized carbons (Fsp3) is 0.455. The minimum absolute atomic E-state index is 0.0271. The van der Waals surface area contributed by atoms with Crippen LogP contribution in [0.2, 0.25) is 5.15 Å². The highest BCUT2D eigenvalue weighted by Gasteiger charge is 2.23. The summed E-state index contributed by atoms with van der Waals surface area (Å²) in [6.07, 6.45) is 1.76. The van der Waals surface area contributed by atoms with Gasteiger partial charge in [0.05, 0.1) is 17.1 Å². The lowest BCUT2D eigenvalue weighted by molar-refractivity contribution is -0.385. The molecule has 0 atom stereocenters. The first-order chi connectivity index (χ1) is 9.09. The average Bonchev–Trinajstić information content (AvgIpc) is 2.67. The summed E-state index contributed by atoms with van der Waals surface area (Å²) in [7, 11) is 0. The van der Waals surface area contributed by atoms with E-state index in [0.717, 1.165) is 18.7 Å². The molecule has 0 saturated carbocycles. The zero-order chi connectivity index (χ0) is 13.8. The number of carbonyl (C=O) groups is 1. The van der Waals surface area contributed by atoms with Gasteiger partial charge < -0.3 is 9.64 Å². The summed E-state index contributed by atoms with van der Waals surface area (Å²) in [4.78, 5) is 27.6. The molecule has 1 amide bonds. The van der Waals surface area contributed by atoms with Crippen LogP contribution in [0.15, 0.2) is 12.3 Å². The second kappa shape index (κ2) is 5.94. The van der Waals surface area contributed by atoms with E-state index < -0.39 is 4.92 Å². The Morgan fingerprint density at radius 1 is 1.47 bits per heavy atom. The molecule has 0 N–H and O–H groups in total. The molecule has 2 heterocycles. The van der Waals surface area contributed by atoms with Crippen LogP contribution in [0.5, 0.6) is 0 Å². The molecule has 0 aliphatic carbocycles. The number of carbonyl (C=O) groups excluding carboxylic acids is 1. The van der Waals surface area contributed by atoms with Crippen molar-refractivity contribution in [2.24, 2.45) is 0 Å². The molecule has 0 unspecified atom stereocenters. The monoisotopic (exact) mass is 285 g/mol. The largest absolute Gasteiger partial charge is 0.380 e. The second-order valence-electron chi connectivity index (χ2n) is 4.05. The quantitative estimate of drug-likeness (QED) is 0.467. The average molecular weight is 286 g/mol.